The van der Waals surface area contributed by atoms with Crippen molar-refractivity contribution >= 4 is 0 Å². The number of benzene rings is 1. The van der Waals surface area contributed by atoms with Crippen LogP contribution in [0.4, 0.5) is 0 Å². The quantitative estimate of drug-likeness (QED) is 0.789. The number of nitrogens with one attached hydrogen (secondary N) is 1. The van der Waals surface area contributed by atoms with Crippen LogP contribution in [0.3, 0.4) is 0 Å². The Hall–Kier alpha value is -1.02. The van der Waals surface area contributed by atoms with Crippen LogP contribution in [0, 0.1) is 5.92 Å². The molecule has 0 saturated heterocycles. The first-order chi connectivity index (χ1) is 9.04. The van der Waals surface area contributed by atoms with Crippen LogP contribution in [-0.4, -0.2) is 12.1 Å². The third kappa shape index (κ3) is 4.87. The lowest BCUT2D eigenvalue weighted by Crippen LogP contribution is -2.29. The third-order valence-electron chi connectivity index (χ3n) is 3.65. The van der Waals surface area contributed by atoms with E-state index in [0.29, 0.717) is 12.1 Å². The molecule has 2 nitrogen and oxygen atoms in total. The van der Waals surface area contributed by atoms with Crippen molar-refractivity contribution in [2.24, 2.45) is 5.92 Å². The molecule has 2 atom stereocenters. The second-order valence-corrected chi connectivity index (χ2v) is 6.21. The van der Waals surface area contributed by atoms with Crippen LogP contribution < -0.4 is 10.1 Å². The Morgan fingerprint density at radius 3 is 2.58 bits per heavy atom. The molecular weight excluding hydrogens is 234 g/mol. The fourth-order valence-corrected chi connectivity index (χ4v) is 2.57. The van der Waals surface area contributed by atoms with Gasteiger partial charge in [-0.15, -0.1) is 0 Å². The lowest BCUT2D eigenvalue weighted by atomic mass is 10.1. The molecule has 0 amide bonds. The maximum absolute atomic E-state index is 5.76. The second kappa shape index (κ2) is 6.42. The smallest absolute Gasteiger partial charge is 0.120 e. The van der Waals surface area contributed by atoms with Crippen LogP contribution in [0.1, 0.15) is 58.6 Å². The monoisotopic (exact) mass is 261 g/mol. The third-order valence-corrected chi connectivity index (χ3v) is 3.65. The van der Waals surface area contributed by atoms with E-state index in [4.69, 9.17) is 4.74 Å². The summed E-state index contributed by atoms with van der Waals surface area (Å²) in [7, 11) is 0. The minimum Gasteiger partial charge on any atom is -0.491 e. The molecule has 1 aliphatic carbocycles. The Balaban J connectivity index is 1.91. The molecule has 2 heteroatoms. The van der Waals surface area contributed by atoms with Gasteiger partial charge in [0.2, 0.25) is 0 Å². The standard InChI is InChI=1S/C17H27NO/c1-12(2)19-17-7-5-6-16(11-17)14(4)18-13(3)10-15-8-9-15/h5-7,11-15,18H,8-10H2,1-4H3. The summed E-state index contributed by atoms with van der Waals surface area (Å²) in [5.74, 6) is 1.95. The molecule has 1 saturated carbocycles. The second-order valence-electron chi connectivity index (χ2n) is 6.21. The SMILES string of the molecule is CC(CC1CC1)NC(C)c1cccc(OC(C)C)c1. The van der Waals surface area contributed by atoms with E-state index < -0.39 is 0 Å². The minimum atomic E-state index is 0.229. The number of ether oxygens (including phenoxy) is 1. The molecule has 0 heterocycles. The van der Waals surface area contributed by atoms with Crippen molar-refractivity contribution in [2.75, 3.05) is 0 Å². The summed E-state index contributed by atoms with van der Waals surface area (Å²) in [6.07, 6.45) is 4.40. The van der Waals surface area contributed by atoms with Gasteiger partial charge >= 0.3 is 0 Å². The predicted octanol–water partition coefficient (Wildman–Crippen LogP) is 4.31. The van der Waals surface area contributed by atoms with Gasteiger partial charge in [0.25, 0.3) is 0 Å². The van der Waals surface area contributed by atoms with Gasteiger partial charge in [-0.3, -0.25) is 0 Å². The highest BCUT2D eigenvalue weighted by Gasteiger charge is 2.24. The zero-order valence-corrected chi connectivity index (χ0v) is 12.6. The van der Waals surface area contributed by atoms with Gasteiger partial charge in [0.1, 0.15) is 5.75 Å². The Bertz CT molecular complexity index is 398. The normalized spacial score (nSPS) is 18.4. The molecule has 106 valence electrons. The van der Waals surface area contributed by atoms with Crippen LogP contribution >= 0.6 is 0 Å². The zero-order valence-electron chi connectivity index (χ0n) is 12.6. The average Bonchev–Trinajstić information content (AvgIpc) is 3.12. The largest absolute Gasteiger partial charge is 0.491 e. The van der Waals surface area contributed by atoms with Gasteiger partial charge in [-0.1, -0.05) is 25.0 Å². The van der Waals surface area contributed by atoms with Crippen molar-refractivity contribution in [1.29, 1.82) is 0 Å². The molecule has 1 N–H and O–H groups in total. The first kappa shape index (κ1) is 14.4. The van der Waals surface area contributed by atoms with Gasteiger partial charge < -0.3 is 10.1 Å². The predicted molar refractivity (Wildman–Crippen MR) is 80.6 cm³/mol. The van der Waals surface area contributed by atoms with Crippen molar-refractivity contribution in [3.63, 3.8) is 0 Å². The van der Waals surface area contributed by atoms with Gasteiger partial charge in [-0.2, -0.15) is 0 Å². The van der Waals surface area contributed by atoms with Crippen molar-refractivity contribution in [3.8, 4) is 5.75 Å². The maximum atomic E-state index is 5.76. The molecular formula is C17H27NO. The summed E-state index contributed by atoms with van der Waals surface area (Å²) in [6.45, 7) is 8.65. The minimum absolute atomic E-state index is 0.229. The summed E-state index contributed by atoms with van der Waals surface area (Å²) >= 11 is 0. The molecule has 0 radical (unpaired) electrons. The molecule has 0 bridgehead atoms. The highest BCUT2D eigenvalue weighted by atomic mass is 16.5. The summed E-state index contributed by atoms with van der Waals surface area (Å²) in [5, 5.41) is 3.69. The van der Waals surface area contributed by atoms with Gasteiger partial charge in [-0.25, -0.2) is 0 Å². The van der Waals surface area contributed by atoms with E-state index in [1.54, 1.807) is 0 Å². The van der Waals surface area contributed by atoms with E-state index in [0.717, 1.165) is 11.7 Å². The number of rotatable bonds is 7. The molecule has 1 aromatic rings. The van der Waals surface area contributed by atoms with E-state index in [-0.39, 0.29) is 6.10 Å². The van der Waals surface area contributed by atoms with Gasteiger partial charge in [0, 0.05) is 12.1 Å². The zero-order chi connectivity index (χ0) is 13.8. The summed E-state index contributed by atoms with van der Waals surface area (Å²) in [6, 6.07) is 9.42. The molecule has 0 aliphatic heterocycles. The van der Waals surface area contributed by atoms with E-state index in [9.17, 15) is 0 Å². The van der Waals surface area contributed by atoms with Crippen molar-refractivity contribution in [1.82, 2.24) is 5.32 Å². The molecule has 1 aliphatic rings. The Kier molecular flexibility index (Phi) is 4.87. The van der Waals surface area contributed by atoms with Gasteiger partial charge in [-0.05, 0) is 57.7 Å². The van der Waals surface area contributed by atoms with Crippen LogP contribution in [0.2, 0.25) is 0 Å². The first-order valence-corrected chi connectivity index (χ1v) is 7.57. The van der Waals surface area contributed by atoms with Crippen LogP contribution in [0.5, 0.6) is 5.75 Å². The fourth-order valence-electron chi connectivity index (χ4n) is 2.57. The van der Waals surface area contributed by atoms with Gasteiger partial charge in [0.15, 0.2) is 0 Å². The lowest BCUT2D eigenvalue weighted by molar-refractivity contribution is 0.242. The summed E-state index contributed by atoms with van der Waals surface area (Å²) in [4.78, 5) is 0. The Morgan fingerprint density at radius 2 is 1.95 bits per heavy atom. The van der Waals surface area contributed by atoms with E-state index in [1.807, 2.05) is 6.07 Å². The lowest BCUT2D eigenvalue weighted by Gasteiger charge is -2.21. The van der Waals surface area contributed by atoms with E-state index >= 15 is 0 Å². The summed E-state index contributed by atoms with van der Waals surface area (Å²) < 4.78 is 5.76. The van der Waals surface area contributed by atoms with Crippen molar-refractivity contribution < 1.29 is 4.74 Å². The molecule has 19 heavy (non-hydrogen) atoms. The maximum Gasteiger partial charge on any atom is 0.120 e. The van der Waals surface area contributed by atoms with Crippen molar-refractivity contribution in [2.45, 2.75) is 65.1 Å². The topological polar surface area (TPSA) is 21.3 Å². The average molecular weight is 261 g/mol. The molecule has 1 fully saturated rings. The molecule has 1 aromatic carbocycles. The highest BCUT2D eigenvalue weighted by Crippen LogP contribution is 2.33. The molecule has 2 unspecified atom stereocenters. The Labute approximate surface area is 117 Å². The first-order valence-electron chi connectivity index (χ1n) is 7.57. The molecule has 2 rings (SSSR count). The Morgan fingerprint density at radius 1 is 1.21 bits per heavy atom. The van der Waals surface area contributed by atoms with E-state index in [2.05, 4.69) is 51.2 Å². The van der Waals surface area contributed by atoms with Crippen molar-refractivity contribution in [3.05, 3.63) is 29.8 Å². The van der Waals surface area contributed by atoms with Gasteiger partial charge in [0.05, 0.1) is 6.10 Å². The number of hydrogen-bond acceptors (Lipinski definition) is 2. The fraction of sp³-hybridized carbons (Fsp3) is 0.647. The van der Waals surface area contributed by atoms with E-state index in [1.165, 1.54) is 24.8 Å². The molecule has 0 spiro atoms. The van der Waals surface area contributed by atoms with Crippen LogP contribution in [-0.2, 0) is 0 Å². The van der Waals surface area contributed by atoms with Crippen LogP contribution in [0.25, 0.3) is 0 Å². The molecule has 0 aromatic heterocycles. The summed E-state index contributed by atoms with van der Waals surface area (Å²) in [5.41, 5.74) is 1.31. The number of hydrogen-bond donors (Lipinski definition) is 1. The van der Waals surface area contributed by atoms with Crippen LogP contribution in [0.15, 0.2) is 24.3 Å². The highest BCUT2D eigenvalue weighted by molar-refractivity contribution is 5.30.